The number of aromatic nitrogens is 1. The standard InChI is InChI=1S/C49H73Cl2N3O14Si/c1-22(2)38(46(58)62-13)54(45-41(61-12)40-39(27(7)64-45)66-47(59)67-40)32(56)20-30(55)35-24(4)16-18-29-31(19-17-23(3)34(29)35)65-33-21-49(60,42(28(8)63-33)68-69(14,15)48(9,10)11)25(5)44(57)53-43-37(51)36(50)26(6)52-43/h16,18,22,24-25,27-29,31,33-35,38-42,45,52,60H,3,17,19-21H2,1-2,4-15H3,(H,53,57)/t24-,25?,27-,28+,29-,31+,33-,34-,35+,38?,39-,40-,41-,42+,45-,49+/m1/s1. The maximum Gasteiger partial charge on any atom is 0.509 e. The van der Waals surface area contributed by atoms with Crippen LogP contribution in [0.25, 0.3) is 0 Å². The summed E-state index contributed by atoms with van der Waals surface area (Å²) in [6.07, 6.45) is -4.71. The molecule has 0 radical (unpaired) electrons. The van der Waals surface area contributed by atoms with Crippen molar-refractivity contribution in [2.45, 2.75) is 180 Å². The second-order valence-electron chi connectivity index (χ2n) is 21.5. The number of hydrogen-bond acceptors (Lipinski definition) is 14. The van der Waals surface area contributed by atoms with E-state index in [4.69, 9.17) is 60.8 Å². The number of aryl methyl sites for hydroxylation is 1. The molecule has 0 spiro atoms. The predicted molar refractivity (Wildman–Crippen MR) is 259 cm³/mol. The van der Waals surface area contributed by atoms with Gasteiger partial charge in [0.05, 0.1) is 42.8 Å². The number of rotatable bonds is 15. The molecule has 16 atom stereocenters. The van der Waals surface area contributed by atoms with Gasteiger partial charge in [-0.1, -0.05) is 96.0 Å². The first-order valence-electron chi connectivity index (χ1n) is 24.0. The number of allylic oxidation sites excluding steroid dienone is 2. The lowest BCUT2D eigenvalue weighted by molar-refractivity contribution is -0.296. The second kappa shape index (κ2) is 21.0. The molecule has 20 heteroatoms. The van der Waals surface area contributed by atoms with E-state index in [1.165, 1.54) is 19.1 Å². The molecule has 4 heterocycles. The summed E-state index contributed by atoms with van der Waals surface area (Å²) in [6.45, 7) is 27.1. The zero-order valence-electron chi connectivity index (χ0n) is 42.4. The number of fused-ring (bicyclic) bond motifs is 2. The van der Waals surface area contributed by atoms with Gasteiger partial charge in [0.2, 0.25) is 11.8 Å². The van der Waals surface area contributed by atoms with Crippen LogP contribution in [-0.4, -0.2) is 134 Å². The highest BCUT2D eigenvalue weighted by molar-refractivity contribution is 6.74. The summed E-state index contributed by atoms with van der Waals surface area (Å²) in [6, 6.07) is -1.20. The summed E-state index contributed by atoms with van der Waals surface area (Å²) in [5, 5.41) is 16.0. The van der Waals surface area contributed by atoms with Gasteiger partial charge in [-0.15, -0.1) is 0 Å². The molecule has 3 aliphatic heterocycles. The summed E-state index contributed by atoms with van der Waals surface area (Å²) in [5.74, 6) is -5.54. The number of anilines is 1. The first-order valence-corrected chi connectivity index (χ1v) is 27.6. The van der Waals surface area contributed by atoms with E-state index in [-0.39, 0.29) is 44.9 Å². The quantitative estimate of drug-likeness (QED) is 0.0660. The van der Waals surface area contributed by atoms with E-state index in [1.807, 2.05) is 19.1 Å². The van der Waals surface area contributed by atoms with Gasteiger partial charge in [0.15, 0.2) is 33.0 Å². The molecule has 2 aliphatic carbocycles. The lowest BCUT2D eigenvalue weighted by Crippen LogP contribution is -2.66. The smallest absolute Gasteiger partial charge is 0.467 e. The number of carbonyl (C=O) groups excluding carboxylic acids is 5. The van der Waals surface area contributed by atoms with Gasteiger partial charge in [-0.3, -0.25) is 19.3 Å². The van der Waals surface area contributed by atoms with Crippen molar-refractivity contribution < 1.29 is 66.7 Å². The number of amides is 2. The molecule has 0 bridgehead atoms. The maximum absolute atomic E-state index is 14.9. The summed E-state index contributed by atoms with van der Waals surface area (Å²) in [5.41, 5.74) is -0.401. The van der Waals surface area contributed by atoms with Gasteiger partial charge >= 0.3 is 12.1 Å². The number of halogens is 2. The van der Waals surface area contributed by atoms with E-state index in [1.54, 1.807) is 41.5 Å². The number of methoxy groups -OCH3 is 2. The normalized spacial score (nSPS) is 34.5. The van der Waals surface area contributed by atoms with Crippen molar-refractivity contribution in [2.24, 2.45) is 35.5 Å². The Morgan fingerprint density at radius 3 is 2.26 bits per heavy atom. The molecule has 6 rings (SSSR count). The van der Waals surface area contributed by atoms with E-state index in [0.717, 1.165) is 5.57 Å². The maximum atomic E-state index is 14.9. The molecule has 5 aliphatic rings. The number of esters is 1. The van der Waals surface area contributed by atoms with Crippen LogP contribution in [0.15, 0.2) is 24.3 Å². The Bertz CT molecular complexity index is 2160. The van der Waals surface area contributed by atoms with Crippen molar-refractivity contribution in [1.82, 2.24) is 9.88 Å². The van der Waals surface area contributed by atoms with Gasteiger partial charge < -0.3 is 53.0 Å². The zero-order chi connectivity index (χ0) is 51.4. The number of nitrogens with one attached hydrogen (secondary N) is 2. The molecule has 2 amide bonds. The van der Waals surface area contributed by atoms with Crippen LogP contribution in [0.4, 0.5) is 10.6 Å². The van der Waals surface area contributed by atoms with Crippen LogP contribution in [0.3, 0.4) is 0 Å². The fourth-order valence-corrected chi connectivity index (χ4v) is 12.4. The minimum absolute atomic E-state index is 0.125. The van der Waals surface area contributed by atoms with Crippen molar-refractivity contribution in [2.75, 3.05) is 19.5 Å². The number of H-pyrrole nitrogens is 1. The number of aromatic amines is 1. The minimum atomic E-state index is -2.57. The fourth-order valence-electron chi connectivity index (χ4n) is 10.6. The van der Waals surface area contributed by atoms with Crippen molar-refractivity contribution in [1.29, 1.82) is 0 Å². The monoisotopic (exact) mass is 1030 g/mol. The van der Waals surface area contributed by atoms with E-state index < -0.39 is 129 Å². The van der Waals surface area contributed by atoms with Crippen molar-refractivity contribution >= 4 is 67.1 Å². The second-order valence-corrected chi connectivity index (χ2v) is 27.0. The largest absolute Gasteiger partial charge is 0.509 e. The molecule has 386 valence electrons. The average molecular weight is 1030 g/mol. The van der Waals surface area contributed by atoms with Crippen LogP contribution in [0, 0.1) is 42.4 Å². The lowest BCUT2D eigenvalue weighted by atomic mass is 9.61. The number of ether oxygens (including phenoxy) is 7. The molecule has 17 nitrogen and oxygen atoms in total. The molecule has 1 aromatic rings. The van der Waals surface area contributed by atoms with Gasteiger partial charge in [0, 0.05) is 31.1 Å². The predicted octanol–water partition coefficient (Wildman–Crippen LogP) is 7.90. The van der Waals surface area contributed by atoms with Crippen molar-refractivity contribution in [3.63, 3.8) is 0 Å². The molecule has 0 aromatic carbocycles. The molecular weight excluding hydrogens is 954 g/mol. The molecule has 2 unspecified atom stereocenters. The van der Waals surface area contributed by atoms with Crippen molar-refractivity contribution in [3.8, 4) is 0 Å². The van der Waals surface area contributed by atoms with Gasteiger partial charge in [-0.05, 0) is 69.5 Å². The number of aliphatic hydroxyl groups is 1. The molecule has 1 saturated carbocycles. The Hall–Kier alpha value is -3.33. The van der Waals surface area contributed by atoms with Gasteiger partial charge in [0.25, 0.3) is 0 Å². The third kappa shape index (κ3) is 10.8. The third-order valence-electron chi connectivity index (χ3n) is 15.5. The van der Waals surface area contributed by atoms with Crippen LogP contribution in [0.5, 0.6) is 0 Å². The Balaban J connectivity index is 1.26. The van der Waals surface area contributed by atoms with Gasteiger partial charge in [0.1, 0.15) is 40.5 Å². The SMILES string of the molecule is C=C1CC[C@H](O[C@@H]2C[C@](O)(C(C)C(=O)Nc3[nH]c(C)c(Cl)c3Cl)[C@@H](O[Si](C)(C)C(C)(C)C)[C@H](C)O2)[C@H]2C=C[C@@H](C)[C@@H](C(=O)CC(=O)N(C(C(=O)OC)C(C)C)[C@@H]3O[C@H](C)[C@H]4OC(=O)O[C@H]4[C@H]3OC)[C@H]12. The number of hydrogen-bond donors (Lipinski definition) is 3. The highest BCUT2D eigenvalue weighted by Gasteiger charge is 2.59. The number of nitrogens with zero attached hydrogens (tertiary/aromatic N) is 1. The van der Waals surface area contributed by atoms with E-state index in [0.29, 0.717) is 18.5 Å². The summed E-state index contributed by atoms with van der Waals surface area (Å²) in [7, 11) is 0.0163. The van der Waals surface area contributed by atoms with E-state index in [9.17, 15) is 29.1 Å². The number of carbonyl (C=O) groups is 5. The topological polar surface area (TPSA) is 210 Å². The van der Waals surface area contributed by atoms with Crippen LogP contribution in [0.1, 0.15) is 93.7 Å². The highest BCUT2D eigenvalue weighted by atomic mass is 35.5. The Labute approximate surface area is 417 Å². The fraction of sp³-hybridized carbons (Fsp3) is 0.735. The Kier molecular flexibility index (Phi) is 16.8. The summed E-state index contributed by atoms with van der Waals surface area (Å²) < 4.78 is 48.5. The molecular formula is C49H73Cl2N3O14Si. The molecule has 1 aromatic heterocycles. The van der Waals surface area contributed by atoms with E-state index >= 15 is 0 Å². The van der Waals surface area contributed by atoms with Crippen molar-refractivity contribution in [3.05, 3.63) is 40.0 Å². The number of Topliss-reactive ketones (excluding diaryl/α,β-unsaturated/α-hetero) is 1. The Morgan fingerprint density at radius 1 is 1.03 bits per heavy atom. The molecule has 69 heavy (non-hydrogen) atoms. The average Bonchev–Trinajstić information content (AvgIpc) is 3.77. The van der Waals surface area contributed by atoms with E-state index in [2.05, 4.69) is 50.7 Å². The van der Waals surface area contributed by atoms with Crippen LogP contribution in [-0.2, 0) is 56.8 Å². The third-order valence-corrected chi connectivity index (χ3v) is 21.0. The lowest BCUT2D eigenvalue weighted by Gasteiger charge is -2.53. The van der Waals surface area contributed by atoms with Crippen LogP contribution >= 0.6 is 23.2 Å². The summed E-state index contributed by atoms with van der Waals surface area (Å²) in [4.78, 5) is 73.8. The first-order chi connectivity index (χ1) is 32.1. The minimum Gasteiger partial charge on any atom is -0.467 e. The highest BCUT2D eigenvalue weighted by Crippen LogP contribution is 2.50. The first kappa shape index (κ1) is 55.0. The molecule has 4 fully saturated rings. The Morgan fingerprint density at radius 2 is 1.68 bits per heavy atom. The molecule has 3 N–H and O–H groups in total. The molecule has 3 saturated heterocycles. The van der Waals surface area contributed by atoms with Crippen LogP contribution < -0.4 is 5.32 Å². The van der Waals surface area contributed by atoms with Crippen LogP contribution in [0.2, 0.25) is 28.2 Å². The van der Waals surface area contributed by atoms with Gasteiger partial charge in [-0.25, -0.2) is 9.59 Å². The number of ketones is 1. The summed E-state index contributed by atoms with van der Waals surface area (Å²) >= 11 is 12.8. The zero-order valence-corrected chi connectivity index (χ0v) is 44.9. The van der Waals surface area contributed by atoms with Gasteiger partial charge in [-0.2, -0.15) is 0 Å².